The van der Waals surface area contributed by atoms with Gasteiger partial charge in [-0.1, -0.05) is 19.2 Å². The predicted molar refractivity (Wildman–Crippen MR) is 257 cm³/mol. The number of non-ortho nitro benzene ring substituents is 1. The summed E-state index contributed by atoms with van der Waals surface area (Å²) in [6.07, 6.45) is 5.34. The lowest BCUT2D eigenvalue weighted by molar-refractivity contribution is -0.394. The Morgan fingerprint density at radius 2 is 1.51 bits per heavy atom. The van der Waals surface area contributed by atoms with Gasteiger partial charge in [0.2, 0.25) is 5.36 Å². The molecule has 0 radical (unpaired) electrons. The van der Waals surface area contributed by atoms with Crippen molar-refractivity contribution in [2.75, 3.05) is 52.0 Å². The van der Waals surface area contributed by atoms with Gasteiger partial charge >= 0.3 is 5.97 Å². The van der Waals surface area contributed by atoms with Gasteiger partial charge < -0.3 is 24.8 Å². The van der Waals surface area contributed by atoms with Crippen LogP contribution >= 0.6 is 0 Å². The molecule has 4 aromatic carbocycles. The SMILES string of the molecule is CC1=CC(C)(C)N(C)c2cc3c(cc21)C(c1cc(C(=O)NCCOCCOCCCc2ccc([N+](=O)[O-])cc2[N+](=O)[O-])ccc1C(=O)O)=c1cc2c(cc1[Si]3(C)C)=[N+](C)C(C)(C)C=C2C. The quantitative estimate of drug-likeness (QED) is 0.0478. The summed E-state index contributed by atoms with van der Waals surface area (Å²) in [5.41, 5.74) is 7.67. The summed E-state index contributed by atoms with van der Waals surface area (Å²) >= 11 is 0. The zero-order valence-corrected chi connectivity index (χ0v) is 39.9. The highest BCUT2D eigenvalue weighted by atomic mass is 28.3. The zero-order chi connectivity index (χ0) is 47.3. The summed E-state index contributed by atoms with van der Waals surface area (Å²) in [6, 6.07) is 17.6. The number of nitro benzene ring substituents is 2. The number of nitro groups is 2. The monoisotopic (exact) mass is 900 g/mol. The van der Waals surface area contributed by atoms with E-state index in [1.807, 2.05) is 0 Å². The van der Waals surface area contributed by atoms with E-state index in [1.165, 1.54) is 28.6 Å². The average Bonchev–Trinajstić information content (AvgIpc) is 3.24. The van der Waals surface area contributed by atoms with Gasteiger partial charge in [-0.25, -0.2) is 9.37 Å². The van der Waals surface area contributed by atoms with Gasteiger partial charge in [0.25, 0.3) is 17.3 Å². The molecule has 0 saturated heterocycles. The maximum atomic E-state index is 13.8. The highest BCUT2D eigenvalue weighted by Crippen LogP contribution is 2.41. The van der Waals surface area contributed by atoms with E-state index in [1.54, 1.807) is 12.1 Å². The molecule has 0 bridgehead atoms. The number of nitrogens with zero attached hydrogens (tertiary/aromatic N) is 4. The second kappa shape index (κ2) is 17.6. The third-order valence-corrected chi connectivity index (χ3v) is 17.0. The van der Waals surface area contributed by atoms with Gasteiger partial charge in [-0.2, -0.15) is 0 Å². The van der Waals surface area contributed by atoms with E-state index in [9.17, 15) is 34.9 Å². The summed E-state index contributed by atoms with van der Waals surface area (Å²) in [7, 11) is 1.79. The number of carbonyl (C=O) groups is 2. The molecule has 0 aliphatic carbocycles. The Labute approximate surface area is 379 Å². The van der Waals surface area contributed by atoms with Crippen LogP contribution in [0.5, 0.6) is 0 Å². The molecular weight excluding hydrogens is 843 g/mol. The van der Waals surface area contributed by atoms with Crippen molar-refractivity contribution in [3.05, 3.63) is 143 Å². The predicted octanol–water partition coefficient (Wildman–Crippen LogP) is 5.93. The van der Waals surface area contributed by atoms with Crippen molar-refractivity contribution in [1.29, 1.82) is 0 Å². The summed E-state index contributed by atoms with van der Waals surface area (Å²) in [5, 5.41) is 40.7. The highest BCUT2D eigenvalue weighted by molar-refractivity contribution is 7.01. The van der Waals surface area contributed by atoms with Crippen LogP contribution < -0.4 is 35.7 Å². The number of aryl methyl sites for hydroxylation is 1. The Morgan fingerprint density at radius 3 is 2.18 bits per heavy atom. The molecule has 15 heteroatoms. The van der Waals surface area contributed by atoms with Crippen molar-refractivity contribution in [2.24, 2.45) is 0 Å². The molecule has 65 heavy (non-hydrogen) atoms. The van der Waals surface area contributed by atoms with Crippen LogP contribution in [-0.4, -0.2) is 93.0 Å². The van der Waals surface area contributed by atoms with E-state index in [0.717, 1.165) is 55.7 Å². The van der Waals surface area contributed by atoms with Gasteiger partial charge in [-0.15, -0.1) is 0 Å². The fraction of sp³-hybridized carbons (Fsp3) is 0.380. The van der Waals surface area contributed by atoms with Crippen LogP contribution in [0.25, 0.3) is 16.7 Å². The number of amides is 1. The molecular formula is C50H58N5O9Si+. The first-order valence-electron chi connectivity index (χ1n) is 21.9. The largest absolute Gasteiger partial charge is 0.478 e. The van der Waals surface area contributed by atoms with E-state index in [2.05, 4.69) is 120 Å². The molecule has 0 atom stereocenters. The number of likely N-dealkylation sites (N-methyl/N-ethyl adjacent to an activating group) is 2. The molecule has 3 heterocycles. The normalized spacial score (nSPS) is 16.4. The number of anilines is 1. The lowest BCUT2D eigenvalue weighted by Gasteiger charge is -2.43. The Kier molecular flexibility index (Phi) is 12.6. The Hall–Kier alpha value is -6.29. The molecule has 7 rings (SSSR count). The van der Waals surface area contributed by atoms with Gasteiger partial charge in [0.05, 0.1) is 46.8 Å². The fourth-order valence-electron chi connectivity index (χ4n) is 9.57. The van der Waals surface area contributed by atoms with E-state index >= 15 is 0 Å². The summed E-state index contributed by atoms with van der Waals surface area (Å²) in [6.45, 7) is 19.1. The third-order valence-electron chi connectivity index (χ3n) is 13.5. The Morgan fingerprint density at radius 1 is 0.815 bits per heavy atom. The second-order valence-corrected chi connectivity index (χ2v) is 23.2. The van der Waals surface area contributed by atoms with Crippen molar-refractivity contribution in [3.8, 4) is 0 Å². The van der Waals surface area contributed by atoms with Crippen molar-refractivity contribution in [3.63, 3.8) is 0 Å². The number of carboxylic acids is 1. The van der Waals surface area contributed by atoms with Crippen LogP contribution in [0, 0.1) is 20.2 Å². The molecule has 14 nitrogen and oxygen atoms in total. The minimum absolute atomic E-state index is 0.107. The molecule has 0 aromatic heterocycles. The van der Waals surface area contributed by atoms with E-state index in [0.29, 0.717) is 36.1 Å². The van der Waals surface area contributed by atoms with Crippen LogP contribution in [0.15, 0.2) is 72.8 Å². The number of rotatable bonds is 15. The average molecular weight is 901 g/mol. The number of aromatic carboxylic acids is 1. The summed E-state index contributed by atoms with van der Waals surface area (Å²) in [4.78, 5) is 50.5. The lowest BCUT2D eigenvalue weighted by Crippen LogP contribution is -2.64. The Bertz CT molecular complexity index is 2880. The number of hydrogen-bond acceptors (Lipinski definition) is 9. The maximum Gasteiger partial charge on any atom is 0.336 e. The molecule has 3 aliphatic rings. The third kappa shape index (κ3) is 8.79. The van der Waals surface area contributed by atoms with Crippen LogP contribution in [0.2, 0.25) is 13.1 Å². The van der Waals surface area contributed by atoms with Gasteiger partial charge in [0.1, 0.15) is 15.1 Å². The second-order valence-electron chi connectivity index (χ2n) is 18.9. The van der Waals surface area contributed by atoms with Crippen molar-refractivity contribution in [1.82, 2.24) is 9.89 Å². The minimum Gasteiger partial charge on any atom is -0.478 e. The van der Waals surface area contributed by atoms with Gasteiger partial charge in [0.15, 0.2) is 5.54 Å². The Balaban J connectivity index is 1.15. The van der Waals surface area contributed by atoms with E-state index in [4.69, 9.17) is 9.47 Å². The zero-order valence-electron chi connectivity index (χ0n) is 38.9. The topological polar surface area (TPSA) is 177 Å². The van der Waals surface area contributed by atoms with Crippen LogP contribution in [0.1, 0.15) is 96.5 Å². The van der Waals surface area contributed by atoms with Crippen molar-refractivity contribution >= 4 is 64.1 Å². The van der Waals surface area contributed by atoms with Crippen LogP contribution in [-0.2, 0) is 15.9 Å². The highest BCUT2D eigenvalue weighted by Gasteiger charge is 2.41. The number of nitrogens with one attached hydrogen (secondary N) is 1. The first-order chi connectivity index (χ1) is 30.5. The van der Waals surface area contributed by atoms with Gasteiger partial charge in [-0.05, 0) is 133 Å². The number of hydrogen-bond donors (Lipinski definition) is 2. The standard InChI is InChI=1S/C50H57N5O9Si/c1-30-28-49(3,4)52(7)42-26-44-39(24-36(30)42)46(40-25-37-31(2)29-50(5,6)53(8)43(37)27-45(40)65(44,9)10)38-22-33(14-16-35(38)48(57)58)47(56)51-17-19-64-21-20-63-18-11-12-32-13-15-34(54(59)60)23-41(32)55(61)62/h13-16,22-29H,11-12,17-21H2,1-10H3,(H-,51,56,57,58)/p+1. The van der Waals surface area contributed by atoms with E-state index in [-0.39, 0.29) is 60.3 Å². The number of carboxylic acid groups (broad SMARTS) is 1. The molecule has 0 unspecified atom stereocenters. The summed E-state index contributed by atoms with van der Waals surface area (Å²) in [5.74, 6) is -1.45. The van der Waals surface area contributed by atoms with Crippen molar-refractivity contribution in [2.45, 2.75) is 78.6 Å². The van der Waals surface area contributed by atoms with Crippen LogP contribution in [0.3, 0.4) is 0 Å². The molecule has 2 N–H and O–H groups in total. The summed E-state index contributed by atoms with van der Waals surface area (Å²) < 4.78 is 13.7. The molecule has 4 aromatic rings. The maximum absolute atomic E-state index is 13.8. The van der Waals surface area contributed by atoms with Gasteiger partial charge in [-0.3, -0.25) is 25.0 Å². The smallest absolute Gasteiger partial charge is 0.336 e. The molecule has 3 aliphatic heterocycles. The number of benzene rings is 4. The molecule has 0 saturated carbocycles. The molecule has 1 amide bonds. The van der Waals surface area contributed by atoms with Gasteiger partial charge in [0, 0.05) is 74.1 Å². The number of fused-ring (bicyclic) bond motifs is 4. The van der Waals surface area contributed by atoms with Crippen molar-refractivity contribution < 1.29 is 34.0 Å². The molecule has 0 fully saturated rings. The van der Waals surface area contributed by atoms with E-state index < -0.39 is 23.9 Å². The molecule has 0 spiro atoms. The first-order valence-corrected chi connectivity index (χ1v) is 24.9. The first kappa shape index (κ1) is 46.7. The number of allylic oxidation sites excluding steroid dienone is 2. The molecule has 340 valence electrons. The number of carbonyl (C=O) groups excluding carboxylic acids is 1. The van der Waals surface area contributed by atoms with Crippen LogP contribution in [0.4, 0.5) is 17.1 Å². The minimum atomic E-state index is -2.47. The fourth-order valence-corrected chi connectivity index (χ4v) is 12.6. The number of ether oxygens (including phenoxy) is 2. The lowest BCUT2D eigenvalue weighted by atomic mass is 9.84.